The van der Waals surface area contributed by atoms with Gasteiger partial charge in [0.1, 0.15) is 11.6 Å². The summed E-state index contributed by atoms with van der Waals surface area (Å²) < 4.78 is 7.68. The molecule has 0 radical (unpaired) electrons. The number of hydrogen-bond acceptors (Lipinski definition) is 2. The molecule has 2 atom stereocenters. The number of ether oxygens (including phenoxy) is 1. The van der Waals surface area contributed by atoms with Crippen molar-refractivity contribution in [2.75, 3.05) is 7.11 Å². The van der Waals surface area contributed by atoms with Crippen molar-refractivity contribution in [3.05, 3.63) is 24.0 Å². The van der Waals surface area contributed by atoms with E-state index >= 15 is 0 Å². The zero-order valence-electron chi connectivity index (χ0n) is 12.8. The summed E-state index contributed by atoms with van der Waals surface area (Å²) in [6, 6.07) is 6.67. The van der Waals surface area contributed by atoms with Crippen molar-refractivity contribution in [1.82, 2.24) is 9.55 Å². The summed E-state index contributed by atoms with van der Waals surface area (Å²) in [5, 5.41) is 0. The van der Waals surface area contributed by atoms with Crippen LogP contribution in [0.25, 0.3) is 11.0 Å². The first-order valence-electron chi connectivity index (χ1n) is 7.87. The van der Waals surface area contributed by atoms with Gasteiger partial charge in [-0.1, -0.05) is 26.2 Å². The average molecular weight is 307 g/mol. The highest BCUT2D eigenvalue weighted by Gasteiger charge is 2.25. The molecular weight excluding hydrogens is 284 g/mol. The molecule has 0 aliphatic heterocycles. The fourth-order valence-electron chi connectivity index (χ4n) is 3.63. The third-order valence-corrected chi connectivity index (χ3v) is 5.03. The number of hydrogen-bond donors (Lipinski definition) is 0. The van der Waals surface area contributed by atoms with Crippen LogP contribution in [-0.2, 0) is 5.88 Å². The molecule has 1 fully saturated rings. The maximum Gasteiger partial charge on any atom is 0.125 e. The highest BCUT2D eigenvalue weighted by molar-refractivity contribution is 6.16. The SMILES string of the molecule is CCC1CCCC(n2c(CCl)nc3cc(OC)ccc32)C1. The van der Waals surface area contributed by atoms with Crippen LogP contribution in [-0.4, -0.2) is 16.7 Å². The molecule has 1 saturated carbocycles. The second kappa shape index (κ2) is 6.27. The third-order valence-electron chi connectivity index (χ3n) is 4.79. The summed E-state index contributed by atoms with van der Waals surface area (Å²) in [6.45, 7) is 2.30. The molecule has 1 aromatic carbocycles. The first-order valence-corrected chi connectivity index (χ1v) is 8.41. The van der Waals surface area contributed by atoms with Crippen molar-refractivity contribution in [1.29, 1.82) is 0 Å². The molecule has 2 unspecified atom stereocenters. The molecule has 3 rings (SSSR count). The van der Waals surface area contributed by atoms with Crippen LogP contribution in [0.4, 0.5) is 0 Å². The molecule has 1 heterocycles. The van der Waals surface area contributed by atoms with Crippen molar-refractivity contribution in [2.24, 2.45) is 5.92 Å². The number of aromatic nitrogens is 2. The molecule has 1 aliphatic rings. The maximum absolute atomic E-state index is 6.15. The number of alkyl halides is 1. The third kappa shape index (κ3) is 2.76. The Morgan fingerprint density at radius 3 is 2.95 bits per heavy atom. The average Bonchev–Trinajstić information content (AvgIpc) is 2.92. The van der Waals surface area contributed by atoms with Gasteiger partial charge in [-0.05, 0) is 30.9 Å². The lowest BCUT2D eigenvalue weighted by Crippen LogP contribution is -2.20. The Morgan fingerprint density at radius 2 is 2.24 bits per heavy atom. The minimum atomic E-state index is 0.463. The van der Waals surface area contributed by atoms with Gasteiger partial charge in [-0.15, -0.1) is 11.6 Å². The van der Waals surface area contributed by atoms with Gasteiger partial charge in [0.05, 0.1) is 24.0 Å². The van der Waals surface area contributed by atoms with Gasteiger partial charge in [0, 0.05) is 12.1 Å². The molecule has 114 valence electrons. The van der Waals surface area contributed by atoms with Gasteiger partial charge in [0.25, 0.3) is 0 Å². The quantitative estimate of drug-likeness (QED) is 0.749. The molecule has 21 heavy (non-hydrogen) atoms. The summed E-state index contributed by atoms with van der Waals surface area (Å²) in [7, 11) is 1.69. The fraction of sp³-hybridized carbons (Fsp3) is 0.588. The summed E-state index contributed by atoms with van der Waals surface area (Å²) >= 11 is 6.15. The van der Waals surface area contributed by atoms with Crippen molar-refractivity contribution in [3.8, 4) is 5.75 Å². The van der Waals surface area contributed by atoms with Crippen molar-refractivity contribution >= 4 is 22.6 Å². The van der Waals surface area contributed by atoms with Gasteiger partial charge in [0.2, 0.25) is 0 Å². The minimum absolute atomic E-state index is 0.463. The number of methoxy groups -OCH3 is 1. The lowest BCUT2D eigenvalue weighted by Gasteiger charge is -2.30. The smallest absolute Gasteiger partial charge is 0.125 e. The van der Waals surface area contributed by atoms with Crippen LogP contribution in [0.2, 0.25) is 0 Å². The highest BCUT2D eigenvalue weighted by Crippen LogP contribution is 2.37. The zero-order valence-corrected chi connectivity index (χ0v) is 13.6. The van der Waals surface area contributed by atoms with Crippen LogP contribution in [0, 0.1) is 5.92 Å². The summed E-state index contributed by atoms with van der Waals surface area (Å²) in [5.41, 5.74) is 2.18. The minimum Gasteiger partial charge on any atom is -0.497 e. The van der Waals surface area contributed by atoms with E-state index in [9.17, 15) is 0 Å². The Kier molecular flexibility index (Phi) is 4.39. The number of imidazole rings is 1. The fourth-order valence-corrected chi connectivity index (χ4v) is 3.81. The Hall–Kier alpha value is -1.22. The summed E-state index contributed by atoms with van der Waals surface area (Å²) in [4.78, 5) is 4.72. The van der Waals surface area contributed by atoms with E-state index in [1.165, 1.54) is 37.6 Å². The van der Waals surface area contributed by atoms with E-state index in [2.05, 4.69) is 17.6 Å². The zero-order chi connectivity index (χ0) is 14.8. The molecule has 1 aromatic heterocycles. The van der Waals surface area contributed by atoms with E-state index in [0.717, 1.165) is 23.0 Å². The van der Waals surface area contributed by atoms with Crippen LogP contribution in [0.3, 0.4) is 0 Å². The molecule has 0 spiro atoms. The Labute approximate surface area is 131 Å². The van der Waals surface area contributed by atoms with Crippen molar-refractivity contribution in [2.45, 2.75) is 50.9 Å². The molecule has 0 bridgehead atoms. The Bertz CT molecular complexity index is 623. The molecule has 4 heteroatoms. The van der Waals surface area contributed by atoms with E-state index in [1.54, 1.807) is 7.11 Å². The summed E-state index contributed by atoms with van der Waals surface area (Å²) in [5.74, 6) is 3.14. The van der Waals surface area contributed by atoms with Crippen LogP contribution >= 0.6 is 11.6 Å². The van der Waals surface area contributed by atoms with Gasteiger partial charge in [-0.3, -0.25) is 0 Å². The molecular formula is C17H23ClN2O. The number of benzene rings is 1. The van der Waals surface area contributed by atoms with E-state index in [0.29, 0.717) is 11.9 Å². The van der Waals surface area contributed by atoms with E-state index in [1.807, 2.05) is 12.1 Å². The molecule has 0 N–H and O–H groups in total. The van der Waals surface area contributed by atoms with E-state index < -0.39 is 0 Å². The first kappa shape index (κ1) is 14.7. The van der Waals surface area contributed by atoms with Crippen molar-refractivity contribution < 1.29 is 4.74 Å². The standard InChI is InChI=1S/C17H23ClN2O/c1-3-12-5-4-6-13(9-12)20-16-8-7-14(21-2)10-15(16)19-17(20)11-18/h7-8,10,12-13H,3-6,9,11H2,1-2H3. The number of rotatable bonds is 4. The lowest BCUT2D eigenvalue weighted by atomic mass is 9.84. The number of fused-ring (bicyclic) bond motifs is 1. The summed E-state index contributed by atoms with van der Waals surface area (Å²) in [6.07, 6.45) is 6.42. The van der Waals surface area contributed by atoms with Crippen LogP contribution in [0.5, 0.6) is 5.75 Å². The second-order valence-electron chi connectivity index (χ2n) is 5.98. The molecule has 0 saturated heterocycles. The van der Waals surface area contributed by atoms with E-state index in [-0.39, 0.29) is 0 Å². The van der Waals surface area contributed by atoms with Gasteiger partial charge in [0.15, 0.2) is 0 Å². The van der Waals surface area contributed by atoms with Gasteiger partial charge in [-0.25, -0.2) is 4.98 Å². The Morgan fingerprint density at radius 1 is 1.38 bits per heavy atom. The van der Waals surface area contributed by atoms with Gasteiger partial charge < -0.3 is 9.30 Å². The van der Waals surface area contributed by atoms with Crippen LogP contribution < -0.4 is 4.74 Å². The predicted molar refractivity (Wildman–Crippen MR) is 87.1 cm³/mol. The topological polar surface area (TPSA) is 27.1 Å². The maximum atomic E-state index is 6.15. The van der Waals surface area contributed by atoms with Gasteiger partial charge in [-0.2, -0.15) is 0 Å². The van der Waals surface area contributed by atoms with E-state index in [4.69, 9.17) is 21.3 Å². The Balaban J connectivity index is 2.03. The molecule has 1 aliphatic carbocycles. The second-order valence-corrected chi connectivity index (χ2v) is 6.25. The monoisotopic (exact) mass is 306 g/mol. The van der Waals surface area contributed by atoms with Crippen LogP contribution in [0.15, 0.2) is 18.2 Å². The van der Waals surface area contributed by atoms with Crippen molar-refractivity contribution in [3.63, 3.8) is 0 Å². The lowest BCUT2D eigenvalue weighted by molar-refractivity contribution is 0.262. The number of nitrogens with zero attached hydrogens (tertiary/aromatic N) is 2. The molecule has 0 amide bonds. The predicted octanol–water partition coefficient (Wildman–Crippen LogP) is 4.93. The number of halogens is 1. The van der Waals surface area contributed by atoms with Crippen LogP contribution in [0.1, 0.15) is 50.9 Å². The highest BCUT2D eigenvalue weighted by atomic mass is 35.5. The molecule has 2 aromatic rings. The normalized spacial score (nSPS) is 22.6. The largest absolute Gasteiger partial charge is 0.497 e. The first-order chi connectivity index (χ1) is 10.3. The van der Waals surface area contributed by atoms with Gasteiger partial charge >= 0.3 is 0 Å². The molecule has 3 nitrogen and oxygen atoms in total.